The number of nitrogens with one attached hydrogen (secondary N) is 3. The van der Waals surface area contributed by atoms with Crippen LogP contribution < -0.4 is 16.0 Å². The third-order valence-corrected chi connectivity index (χ3v) is 4.52. The molecule has 0 unspecified atom stereocenters. The average Bonchev–Trinajstić information content (AvgIpc) is 2.65. The summed E-state index contributed by atoms with van der Waals surface area (Å²) in [7, 11) is 0. The van der Waals surface area contributed by atoms with Crippen LogP contribution in [0.4, 0.5) is 21.9 Å². The number of anilines is 3. The minimum absolute atomic E-state index is 0.156. The first-order valence-electron chi connectivity index (χ1n) is 8.46. The molecule has 3 aromatic rings. The van der Waals surface area contributed by atoms with Crippen molar-refractivity contribution in [2.24, 2.45) is 0 Å². The highest BCUT2D eigenvalue weighted by Gasteiger charge is 2.08. The Morgan fingerprint density at radius 2 is 1.32 bits per heavy atom. The lowest BCUT2D eigenvalue weighted by molar-refractivity contribution is -0.115. The number of halogens is 2. The molecule has 0 saturated carbocycles. The van der Waals surface area contributed by atoms with E-state index in [9.17, 15) is 9.59 Å². The summed E-state index contributed by atoms with van der Waals surface area (Å²) in [4.78, 5) is 24.3. The molecule has 3 amide bonds. The summed E-state index contributed by atoms with van der Waals surface area (Å²) in [5.41, 5.74) is 2.57. The highest BCUT2D eigenvalue weighted by molar-refractivity contribution is 6.42. The lowest BCUT2D eigenvalue weighted by atomic mass is 10.1. The summed E-state index contributed by atoms with van der Waals surface area (Å²) >= 11 is 11.9. The zero-order chi connectivity index (χ0) is 19.9. The predicted octanol–water partition coefficient (Wildman–Crippen LogP) is 5.82. The minimum atomic E-state index is -0.370. The second kappa shape index (κ2) is 9.26. The van der Waals surface area contributed by atoms with Gasteiger partial charge in [-0.25, -0.2) is 4.79 Å². The highest BCUT2D eigenvalue weighted by atomic mass is 35.5. The van der Waals surface area contributed by atoms with Gasteiger partial charge in [-0.3, -0.25) is 4.79 Å². The monoisotopic (exact) mass is 413 g/mol. The van der Waals surface area contributed by atoms with Crippen molar-refractivity contribution in [1.82, 2.24) is 0 Å². The molecular formula is C21H17Cl2N3O2. The SMILES string of the molecule is O=C(Cc1ccc(Cl)c(Cl)c1)Nc1cccc(NC(=O)Nc2ccccc2)c1. The summed E-state index contributed by atoms with van der Waals surface area (Å²) in [6.07, 6.45) is 0.156. The van der Waals surface area contributed by atoms with Gasteiger partial charge in [-0.05, 0) is 48.0 Å². The number of urea groups is 1. The molecule has 3 rings (SSSR count). The molecular weight excluding hydrogens is 397 g/mol. The maximum Gasteiger partial charge on any atom is 0.323 e. The van der Waals surface area contributed by atoms with Crippen molar-refractivity contribution in [2.75, 3.05) is 16.0 Å². The van der Waals surface area contributed by atoms with Gasteiger partial charge in [0.1, 0.15) is 0 Å². The van der Waals surface area contributed by atoms with Gasteiger partial charge < -0.3 is 16.0 Å². The standard InChI is InChI=1S/C21H17Cl2N3O2/c22-18-10-9-14(11-19(18)23)12-20(27)24-16-7-4-8-17(13-16)26-21(28)25-15-5-2-1-3-6-15/h1-11,13H,12H2,(H,24,27)(H2,25,26,28). The molecule has 5 nitrogen and oxygen atoms in total. The van der Waals surface area contributed by atoms with E-state index >= 15 is 0 Å². The summed E-state index contributed by atoms with van der Waals surface area (Å²) in [5, 5.41) is 9.12. The first kappa shape index (κ1) is 19.7. The Kier molecular flexibility index (Phi) is 6.53. The number of para-hydroxylation sites is 1. The Morgan fingerprint density at radius 3 is 2.04 bits per heavy atom. The molecule has 0 heterocycles. The fourth-order valence-corrected chi connectivity index (χ4v) is 2.85. The van der Waals surface area contributed by atoms with E-state index in [1.165, 1.54) is 0 Å². The van der Waals surface area contributed by atoms with E-state index in [-0.39, 0.29) is 18.4 Å². The molecule has 142 valence electrons. The van der Waals surface area contributed by atoms with Crippen LogP contribution in [0.25, 0.3) is 0 Å². The topological polar surface area (TPSA) is 70.2 Å². The smallest absolute Gasteiger partial charge is 0.323 e. The van der Waals surface area contributed by atoms with Crippen LogP contribution in [0, 0.1) is 0 Å². The van der Waals surface area contributed by atoms with Crippen molar-refractivity contribution in [3.05, 3.63) is 88.4 Å². The maximum absolute atomic E-state index is 12.3. The summed E-state index contributed by atoms with van der Waals surface area (Å²) in [6.45, 7) is 0. The molecule has 0 aliphatic heterocycles. The first-order chi connectivity index (χ1) is 13.5. The van der Waals surface area contributed by atoms with E-state index in [0.717, 1.165) is 5.56 Å². The molecule has 0 aliphatic rings. The van der Waals surface area contributed by atoms with E-state index in [1.807, 2.05) is 18.2 Å². The number of hydrogen-bond donors (Lipinski definition) is 3. The predicted molar refractivity (Wildman–Crippen MR) is 114 cm³/mol. The molecule has 3 aromatic carbocycles. The van der Waals surface area contributed by atoms with Gasteiger partial charge in [0.2, 0.25) is 5.91 Å². The first-order valence-corrected chi connectivity index (χ1v) is 9.22. The number of hydrogen-bond acceptors (Lipinski definition) is 2. The largest absolute Gasteiger partial charge is 0.326 e. The van der Waals surface area contributed by atoms with E-state index in [2.05, 4.69) is 16.0 Å². The molecule has 0 saturated heterocycles. The van der Waals surface area contributed by atoms with Crippen LogP contribution in [0.3, 0.4) is 0 Å². The lowest BCUT2D eigenvalue weighted by Crippen LogP contribution is -2.19. The molecule has 0 aliphatic carbocycles. The van der Waals surface area contributed by atoms with Crippen LogP contribution >= 0.6 is 23.2 Å². The fourth-order valence-electron chi connectivity index (χ4n) is 2.53. The van der Waals surface area contributed by atoms with Gasteiger partial charge in [-0.15, -0.1) is 0 Å². The van der Waals surface area contributed by atoms with Crippen LogP contribution in [-0.4, -0.2) is 11.9 Å². The van der Waals surface area contributed by atoms with Crippen molar-refractivity contribution < 1.29 is 9.59 Å². The van der Waals surface area contributed by atoms with E-state index < -0.39 is 0 Å². The van der Waals surface area contributed by atoms with Gasteiger partial charge in [0, 0.05) is 17.1 Å². The molecule has 0 fully saturated rings. The fraction of sp³-hybridized carbons (Fsp3) is 0.0476. The molecule has 0 atom stereocenters. The van der Waals surface area contributed by atoms with Gasteiger partial charge in [0.15, 0.2) is 0 Å². The molecule has 0 aromatic heterocycles. The zero-order valence-corrected chi connectivity index (χ0v) is 16.2. The molecule has 0 spiro atoms. The third-order valence-electron chi connectivity index (χ3n) is 3.78. The second-order valence-electron chi connectivity index (χ2n) is 6.00. The number of carbonyl (C=O) groups is 2. The van der Waals surface area contributed by atoms with E-state index in [4.69, 9.17) is 23.2 Å². The summed E-state index contributed by atoms with van der Waals surface area (Å²) in [5.74, 6) is -0.204. The number of benzene rings is 3. The number of amides is 3. The Balaban J connectivity index is 1.58. The van der Waals surface area contributed by atoms with Crippen LogP contribution in [0.2, 0.25) is 10.0 Å². The van der Waals surface area contributed by atoms with Crippen molar-refractivity contribution in [1.29, 1.82) is 0 Å². The van der Waals surface area contributed by atoms with Crippen molar-refractivity contribution >= 4 is 52.2 Å². The minimum Gasteiger partial charge on any atom is -0.326 e. The maximum atomic E-state index is 12.3. The Labute approximate surface area is 172 Å². The zero-order valence-electron chi connectivity index (χ0n) is 14.7. The van der Waals surface area contributed by atoms with Gasteiger partial charge in [0.25, 0.3) is 0 Å². The summed E-state index contributed by atoms with van der Waals surface area (Å²) < 4.78 is 0. The van der Waals surface area contributed by atoms with Crippen molar-refractivity contribution in [3.63, 3.8) is 0 Å². The molecule has 0 bridgehead atoms. The highest BCUT2D eigenvalue weighted by Crippen LogP contribution is 2.23. The molecule has 3 N–H and O–H groups in total. The van der Waals surface area contributed by atoms with Gasteiger partial charge >= 0.3 is 6.03 Å². The number of rotatable bonds is 5. The quantitative estimate of drug-likeness (QED) is 0.493. The lowest BCUT2D eigenvalue weighted by Gasteiger charge is -2.10. The normalized spacial score (nSPS) is 10.2. The Hall–Kier alpha value is -3.02. The average molecular weight is 414 g/mol. The van der Waals surface area contributed by atoms with Gasteiger partial charge in [-0.1, -0.05) is 53.5 Å². The van der Waals surface area contributed by atoms with E-state index in [1.54, 1.807) is 54.6 Å². The molecule has 0 radical (unpaired) electrons. The Bertz CT molecular complexity index is 994. The second-order valence-corrected chi connectivity index (χ2v) is 6.81. The van der Waals surface area contributed by atoms with Gasteiger partial charge in [-0.2, -0.15) is 0 Å². The third kappa shape index (κ3) is 5.74. The summed E-state index contributed by atoms with van der Waals surface area (Å²) in [6, 6.07) is 20.7. The molecule has 28 heavy (non-hydrogen) atoms. The van der Waals surface area contributed by atoms with Crippen LogP contribution in [0.15, 0.2) is 72.8 Å². The molecule has 7 heteroatoms. The van der Waals surface area contributed by atoms with Crippen molar-refractivity contribution in [2.45, 2.75) is 6.42 Å². The van der Waals surface area contributed by atoms with Gasteiger partial charge in [0.05, 0.1) is 16.5 Å². The van der Waals surface area contributed by atoms with Crippen LogP contribution in [0.1, 0.15) is 5.56 Å². The number of carbonyl (C=O) groups excluding carboxylic acids is 2. The van der Waals surface area contributed by atoms with Crippen LogP contribution in [0.5, 0.6) is 0 Å². The van der Waals surface area contributed by atoms with Crippen molar-refractivity contribution in [3.8, 4) is 0 Å². The Morgan fingerprint density at radius 1 is 0.679 bits per heavy atom. The van der Waals surface area contributed by atoms with Crippen LogP contribution in [-0.2, 0) is 11.2 Å². The van der Waals surface area contributed by atoms with E-state index in [0.29, 0.717) is 27.1 Å².